The van der Waals surface area contributed by atoms with Crippen LogP contribution in [0.2, 0.25) is 0 Å². The standard InChI is InChI=1S/C30H31N5O8/c1-18-12-19(2)14-22(13-18)31-30(40)34-11-10-33(29(39)21-7-5-9-24(16-21)43-3)28(34)27(38)32-25(17-26(36)37)20-6-4-8-23(15-20)35(41)42/h4-9,12-16,25,28H,10-11,17H2,1-3H3,(H,31,40)(H,32,38)(H,36,37). The highest BCUT2D eigenvalue weighted by molar-refractivity contribution is 6.01. The smallest absolute Gasteiger partial charge is 0.323 e. The summed E-state index contributed by atoms with van der Waals surface area (Å²) in [6.07, 6.45) is -2.06. The lowest BCUT2D eigenvalue weighted by molar-refractivity contribution is -0.384. The third-order valence-electron chi connectivity index (χ3n) is 6.90. The molecule has 1 heterocycles. The lowest BCUT2D eigenvalue weighted by atomic mass is 10.0. The Bertz CT molecular complexity index is 1560. The molecule has 0 bridgehead atoms. The normalized spacial score (nSPS) is 15.0. The monoisotopic (exact) mass is 589 g/mol. The Morgan fingerprint density at radius 2 is 1.67 bits per heavy atom. The van der Waals surface area contributed by atoms with Crippen molar-refractivity contribution in [1.29, 1.82) is 0 Å². The second-order valence-corrected chi connectivity index (χ2v) is 10.1. The minimum Gasteiger partial charge on any atom is -0.497 e. The fraction of sp³-hybridized carbons (Fsp3) is 0.267. The van der Waals surface area contributed by atoms with Crippen molar-refractivity contribution in [3.8, 4) is 5.75 Å². The van der Waals surface area contributed by atoms with Crippen LogP contribution in [-0.2, 0) is 9.59 Å². The summed E-state index contributed by atoms with van der Waals surface area (Å²) in [7, 11) is 1.45. The van der Waals surface area contributed by atoms with Crippen molar-refractivity contribution in [2.24, 2.45) is 0 Å². The van der Waals surface area contributed by atoms with Gasteiger partial charge in [0.2, 0.25) is 0 Å². The molecule has 0 spiro atoms. The van der Waals surface area contributed by atoms with Gasteiger partial charge in [0, 0.05) is 36.5 Å². The molecule has 1 aliphatic heterocycles. The number of urea groups is 1. The lowest BCUT2D eigenvalue weighted by Gasteiger charge is -2.31. The number of carboxylic acid groups (broad SMARTS) is 1. The van der Waals surface area contributed by atoms with Gasteiger partial charge >= 0.3 is 12.0 Å². The number of nitro groups is 1. The Hall–Kier alpha value is -5.46. The topological polar surface area (TPSA) is 171 Å². The summed E-state index contributed by atoms with van der Waals surface area (Å²) < 4.78 is 5.22. The number of hydrogen-bond donors (Lipinski definition) is 3. The number of anilines is 1. The largest absolute Gasteiger partial charge is 0.497 e. The summed E-state index contributed by atoms with van der Waals surface area (Å²) in [4.78, 5) is 65.9. The van der Waals surface area contributed by atoms with Crippen LogP contribution in [0, 0.1) is 24.0 Å². The zero-order valence-electron chi connectivity index (χ0n) is 23.8. The molecular formula is C30H31N5O8. The van der Waals surface area contributed by atoms with Crippen molar-refractivity contribution in [3.63, 3.8) is 0 Å². The van der Waals surface area contributed by atoms with Crippen LogP contribution in [0.15, 0.2) is 66.7 Å². The third-order valence-corrected chi connectivity index (χ3v) is 6.90. The molecule has 13 nitrogen and oxygen atoms in total. The number of aryl methyl sites for hydroxylation is 2. The highest BCUT2D eigenvalue weighted by Crippen LogP contribution is 2.26. The average molecular weight is 590 g/mol. The van der Waals surface area contributed by atoms with E-state index in [1.807, 2.05) is 19.9 Å². The van der Waals surface area contributed by atoms with Crippen LogP contribution in [-0.4, -0.2) is 70.0 Å². The fourth-order valence-electron chi connectivity index (χ4n) is 5.03. The highest BCUT2D eigenvalue weighted by atomic mass is 16.6. The van der Waals surface area contributed by atoms with Crippen LogP contribution < -0.4 is 15.4 Å². The van der Waals surface area contributed by atoms with Gasteiger partial charge in [0.25, 0.3) is 17.5 Å². The number of nitro benzene ring substituents is 1. The van der Waals surface area contributed by atoms with Crippen molar-refractivity contribution in [1.82, 2.24) is 15.1 Å². The molecule has 3 aromatic carbocycles. The number of carbonyl (C=O) groups is 4. The van der Waals surface area contributed by atoms with E-state index in [0.717, 1.165) is 11.1 Å². The van der Waals surface area contributed by atoms with E-state index in [0.29, 0.717) is 11.4 Å². The quantitative estimate of drug-likeness (QED) is 0.249. The van der Waals surface area contributed by atoms with Gasteiger partial charge in [-0.2, -0.15) is 0 Å². The highest BCUT2D eigenvalue weighted by Gasteiger charge is 2.44. The maximum Gasteiger partial charge on any atom is 0.323 e. The first kappa shape index (κ1) is 30.5. The van der Waals surface area contributed by atoms with E-state index in [-0.39, 0.29) is 29.9 Å². The minimum atomic E-state index is -1.46. The Morgan fingerprint density at radius 3 is 2.33 bits per heavy atom. The number of carboxylic acids is 1. The first-order valence-corrected chi connectivity index (χ1v) is 13.3. The molecule has 1 fully saturated rings. The maximum atomic E-state index is 13.9. The predicted molar refractivity (Wildman–Crippen MR) is 156 cm³/mol. The van der Waals surface area contributed by atoms with E-state index in [4.69, 9.17) is 4.74 Å². The molecule has 2 atom stereocenters. The van der Waals surface area contributed by atoms with E-state index < -0.39 is 47.4 Å². The molecule has 224 valence electrons. The number of carbonyl (C=O) groups excluding carboxylic acids is 3. The Balaban J connectivity index is 1.68. The lowest BCUT2D eigenvalue weighted by Crippen LogP contribution is -2.55. The molecule has 1 saturated heterocycles. The molecule has 0 aromatic heterocycles. The summed E-state index contributed by atoms with van der Waals surface area (Å²) in [6, 6.07) is 15.2. The molecule has 4 rings (SSSR count). The first-order valence-electron chi connectivity index (χ1n) is 13.3. The molecule has 0 radical (unpaired) electrons. The van der Waals surface area contributed by atoms with Gasteiger partial charge in [-0.15, -0.1) is 0 Å². The average Bonchev–Trinajstić information content (AvgIpc) is 3.41. The van der Waals surface area contributed by atoms with Crippen molar-refractivity contribution >= 4 is 35.2 Å². The molecule has 1 aliphatic rings. The number of nitrogens with zero attached hydrogens (tertiary/aromatic N) is 3. The second kappa shape index (κ2) is 13.0. The molecule has 3 N–H and O–H groups in total. The molecule has 4 amide bonds. The van der Waals surface area contributed by atoms with Crippen LogP contribution in [0.3, 0.4) is 0 Å². The molecular weight excluding hydrogens is 558 g/mol. The summed E-state index contributed by atoms with van der Waals surface area (Å²) in [5.74, 6) is -2.23. The number of rotatable bonds is 9. The van der Waals surface area contributed by atoms with Crippen LogP contribution in [0.25, 0.3) is 0 Å². The number of ether oxygens (including phenoxy) is 1. The second-order valence-electron chi connectivity index (χ2n) is 10.1. The van der Waals surface area contributed by atoms with E-state index >= 15 is 0 Å². The number of nitrogens with one attached hydrogen (secondary N) is 2. The predicted octanol–water partition coefficient (Wildman–Crippen LogP) is 3.87. The zero-order chi connectivity index (χ0) is 31.3. The van der Waals surface area contributed by atoms with E-state index in [9.17, 15) is 34.4 Å². The molecule has 13 heteroatoms. The summed E-state index contributed by atoms with van der Waals surface area (Å²) in [5, 5.41) is 26.3. The van der Waals surface area contributed by atoms with Crippen molar-refractivity contribution < 1.29 is 33.9 Å². The van der Waals surface area contributed by atoms with Gasteiger partial charge in [-0.05, 0) is 60.9 Å². The summed E-state index contributed by atoms with van der Waals surface area (Å²) in [5.41, 5.74) is 2.44. The number of amides is 4. The van der Waals surface area contributed by atoms with Gasteiger partial charge in [-0.3, -0.25) is 29.4 Å². The number of methoxy groups -OCH3 is 1. The fourth-order valence-corrected chi connectivity index (χ4v) is 5.03. The molecule has 2 unspecified atom stereocenters. The number of non-ortho nitro benzene ring substituents is 1. The Kier molecular flexibility index (Phi) is 9.23. The SMILES string of the molecule is COc1cccc(C(=O)N2CCN(C(=O)Nc3cc(C)cc(C)c3)C2C(=O)NC(CC(=O)O)c2cccc([N+](=O)[O-])c2)c1. The van der Waals surface area contributed by atoms with Crippen LogP contribution in [0.4, 0.5) is 16.2 Å². The molecule has 3 aromatic rings. The van der Waals surface area contributed by atoms with Crippen LogP contribution >= 0.6 is 0 Å². The van der Waals surface area contributed by atoms with Crippen molar-refractivity contribution in [2.45, 2.75) is 32.5 Å². The van der Waals surface area contributed by atoms with Crippen molar-refractivity contribution in [3.05, 3.63) is 99.1 Å². The first-order chi connectivity index (χ1) is 20.5. The maximum absolute atomic E-state index is 13.9. The van der Waals surface area contributed by atoms with Gasteiger partial charge in [0.05, 0.1) is 24.5 Å². The van der Waals surface area contributed by atoms with Gasteiger partial charge in [0.1, 0.15) is 5.75 Å². The van der Waals surface area contributed by atoms with Gasteiger partial charge in [0.15, 0.2) is 6.17 Å². The number of aliphatic carboxylic acids is 1. The van der Waals surface area contributed by atoms with Crippen LogP contribution in [0.1, 0.15) is 39.5 Å². The third kappa shape index (κ3) is 7.25. The van der Waals surface area contributed by atoms with E-state index in [2.05, 4.69) is 10.6 Å². The molecule has 0 aliphatic carbocycles. The van der Waals surface area contributed by atoms with E-state index in [1.165, 1.54) is 47.2 Å². The molecule has 0 saturated carbocycles. The Labute approximate surface area is 247 Å². The van der Waals surface area contributed by atoms with Gasteiger partial charge in [-0.25, -0.2) is 4.79 Å². The minimum absolute atomic E-state index is 0.00479. The number of benzene rings is 3. The van der Waals surface area contributed by atoms with E-state index in [1.54, 1.807) is 30.3 Å². The van der Waals surface area contributed by atoms with Crippen LogP contribution in [0.5, 0.6) is 5.75 Å². The van der Waals surface area contributed by atoms with Crippen molar-refractivity contribution in [2.75, 3.05) is 25.5 Å². The summed E-state index contributed by atoms with van der Waals surface area (Å²) in [6.45, 7) is 3.76. The Morgan fingerprint density at radius 1 is 1.00 bits per heavy atom. The van der Waals surface area contributed by atoms with Gasteiger partial charge < -0.3 is 25.4 Å². The number of hydrogen-bond acceptors (Lipinski definition) is 7. The summed E-state index contributed by atoms with van der Waals surface area (Å²) >= 11 is 0. The molecule has 43 heavy (non-hydrogen) atoms. The van der Waals surface area contributed by atoms with Gasteiger partial charge in [-0.1, -0.05) is 24.3 Å². The zero-order valence-corrected chi connectivity index (χ0v) is 23.8.